The largest absolute Gasteiger partial charge is 0.353 e. The Labute approximate surface area is 119 Å². The number of rotatable bonds is 4. The average Bonchev–Trinajstić information content (AvgIpc) is 2.37. The lowest BCUT2D eigenvalue weighted by Gasteiger charge is -2.31. The summed E-state index contributed by atoms with van der Waals surface area (Å²) in [5.74, 6) is 0.336. The third-order valence-corrected chi connectivity index (χ3v) is 4.77. The number of alkyl halides is 1. The van der Waals surface area contributed by atoms with Crippen molar-refractivity contribution in [2.24, 2.45) is 0 Å². The van der Waals surface area contributed by atoms with Gasteiger partial charge in [0.25, 0.3) is 0 Å². The quantitative estimate of drug-likeness (QED) is 0.919. The van der Waals surface area contributed by atoms with Gasteiger partial charge in [-0.05, 0) is 38.8 Å². The molecule has 2 heterocycles. The van der Waals surface area contributed by atoms with Crippen LogP contribution in [0.25, 0.3) is 0 Å². The van der Waals surface area contributed by atoms with Crippen LogP contribution < -0.4 is 9.62 Å². The van der Waals surface area contributed by atoms with Gasteiger partial charge in [-0.15, -0.1) is 0 Å². The van der Waals surface area contributed by atoms with E-state index in [9.17, 15) is 12.8 Å². The lowest BCUT2D eigenvalue weighted by Crippen LogP contribution is -2.39. The molecule has 20 heavy (non-hydrogen) atoms. The lowest BCUT2D eigenvalue weighted by atomic mass is 10.1. The summed E-state index contributed by atoms with van der Waals surface area (Å²) in [6.07, 6.45) is 1.83. The molecule has 0 aromatic carbocycles. The van der Waals surface area contributed by atoms with E-state index in [-0.39, 0.29) is 17.5 Å². The number of anilines is 1. The standard InChI is InChI=1S/C13H20FN3O2S/c1-10(2)16-20(18,19)12-6-3-7-15-13(12)17-8-4-5-11(14)9-17/h3,6-7,10-11,16H,4-5,8-9H2,1-2H3. The molecule has 1 saturated heterocycles. The highest BCUT2D eigenvalue weighted by molar-refractivity contribution is 7.89. The Hall–Kier alpha value is -1.21. The molecule has 1 atom stereocenters. The van der Waals surface area contributed by atoms with Crippen LogP contribution in [0.3, 0.4) is 0 Å². The molecule has 0 aliphatic carbocycles. The number of nitrogens with zero attached hydrogens (tertiary/aromatic N) is 2. The molecule has 2 rings (SSSR count). The molecular formula is C13H20FN3O2S. The van der Waals surface area contributed by atoms with Gasteiger partial charge in [-0.3, -0.25) is 0 Å². The molecule has 7 heteroatoms. The van der Waals surface area contributed by atoms with Crippen molar-refractivity contribution >= 4 is 15.8 Å². The summed E-state index contributed by atoms with van der Waals surface area (Å²) in [5, 5.41) is 0. The molecule has 1 fully saturated rings. The van der Waals surface area contributed by atoms with Gasteiger partial charge in [0, 0.05) is 18.8 Å². The first-order valence-electron chi connectivity index (χ1n) is 6.76. The highest BCUT2D eigenvalue weighted by Crippen LogP contribution is 2.26. The van der Waals surface area contributed by atoms with Crippen molar-refractivity contribution < 1.29 is 12.8 Å². The summed E-state index contributed by atoms with van der Waals surface area (Å²) in [6.45, 7) is 4.33. The topological polar surface area (TPSA) is 62.3 Å². The number of nitrogens with one attached hydrogen (secondary N) is 1. The summed E-state index contributed by atoms with van der Waals surface area (Å²) < 4.78 is 40.7. The number of hydrogen-bond donors (Lipinski definition) is 1. The molecule has 1 aliphatic rings. The van der Waals surface area contributed by atoms with Gasteiger partial charge in [0.15, 0.2) is 0 Å². The van der Waals surface area contributed by atoms with Crippen molar-refractivity contribution in [1.29, 1.82) is 0 Å². The predicted molar refractivity (Wildman–Crippen MR) is 76.0 cm³/mol. The Morgan fingerprint density at radius 3 is 2.90 bits per heavy atom. The predicted octanol–water partition coefficient (Wildman–Crippen LogP) is 1.71. The summed E-state index contributed by atoms with van der Waals surface area (Å²) in [5.41, 5.74) is 0. The third kappa shape index (κ3) is 3.46. The first kappa shape index (κ1) is 15.2. The molecule has 0 spiro atoms. The van der Waals surface area contributed by atoms with E-state index >= 15 is 0 Å². The van der Waals surface area contributed by atoms with E-state index in [2.05, 4.69) is 9.71 Å². The Morgan fingerprint density at radius 2 is 2.25 bits per heavy atom. The van der Waals surface area contributed by atoms with Gasteiger partial charge in [0.1, 0.15) is 16.9 Å². The number of hydrogen-bond acceptors (Lipinski definition) is 4. The van der Waals surface area contributed by atoms with E-state index < -0.39 is 16.2 Å². The average molecular weight is 301 g/mol. The van der Waals surface area contributed by atoms with Crippen LogP contribution in [-0.4, -0.2) is 38.7 Å². The van der Waals surface area contributed by atoms with E-state index in [1.54, 1.807) is 24.8 Å². The number of pyridine rings is 1. The molecule has 1 unspecified atom stereocenters. The molecule has 112 valence electrons. The van der Waals surface area contributed by atoms with Crippen molar-refractivity contribution in [1.82, 2.24) is 9.71 Å². The minimum Gasteiger partial charge on any atom is -0.353 e. The normalized spacial score (nSPS) is 20.4. The molecule has 0 radical (unpaired) electrons. The number of piperidine rings is 1. The fourth-order valence-electron chi connectivity index (χ4n) is 2.32. The van der Waals surface area contributed by atoms with Gasteiger partial charge >= 0.3 is 0 Å². The molecule has 0 saturated carbocycles. The number of halogens is 1. The van der Waals surface area contributed by atoms with Crippen LogP contribution in [0, 0.1) is 0 Å². The van der Waals surface area contributed by atoms with E-state index in [0.717, 1.165) is 0 Å². The van der Waals surface area contributed by atoms with Crippen molar-refractivity contribution in [3.63, 3.8) is 0 Å². The number of aromatic nitrogens is 1. The first-order chi connectivity index (χ1) is 9.40. The minimum atomic E-state index is -3.63. The third-order valence-electron chi connectivity index (χ3n) is 3.09. The van der Waals surface area contributed by atoms with Gasteiger partial charge < -0.3 is 4.90 Å². The van der Waals surface area contributed by atoms with Crippen molar-refractivity contribution in [3.8, 4) is 0 Å². The highest BCUT2D eigenvalue weighted by Gasteiger charge is 2.27. The maximum Gasteiger partial charge on any atom is 0.244 e. The molecule has 0 amide bonds. The first-order valence-corrected chi connectivity index (χ1v) is 8.25. The zero-order valence-corrected chi connectivity index (χ0v) is 12.5. The van der Waals surface area contributed by atoms with Crippen LogP contribution in [-0.2, 0) is 10.0 Å². The fraction of sp³-hybridized carbons (Fsp3) is 0.615. The summed E-state index contributed by atoms with van der Waals surface area (Å²) in [6, 6.07) is 2.88. The second kappa shape index (κ2) is 6.05. The maximum absolute atomic E-state index is 13.5. The Morgan fingerprint density at radius 1 is 1.50 bits per heavy atom. The van der Waals surface area contributed by atoms with E-state index in [4.69, 9.17) is 0 Å². The van der Waals surface area contributed by atoms with Gasteiger partial charge in [0.05, 0.1) is 6.54 Å². The second-order valence-electron chi connectivity index (χ2n) is 5.29. The Balaban J connectivity index is 2.35. The van der Waals surface area contributed by atoms with Gasteiger partial charge in [-0.25, -0.2) is 22.5 Å². The van der Waals surface area contributed by atoms with Crippen LogP contribution >= 0.6 is 0 Å². The monoisotopic (exact) mass is 301 g/mol. The fourth-order valence-corrected chi connectivity index (χ4v) is 3.75. The zero-order valence-electron chi connectivity index (χ0n) is 11.7. The zero-order chi connectivity index (χ0) is 14.8. The van der Waals surface area contributed by atoms with E-state index in [1.807, 2.05) is 0 Å². The Bertz CT molecular complexity index is 562. The van der Waals surface area contributed by atoms with Crippen LogP contribution in [0.4, 0.5) is 10.2 Å². The van der Waals surface area contributed by atoms with Gasteiger partial charge in [-0.2, -0.15) is 0 Å². The molecule has 1 N–H and O–H groups in total. The molecule has 1 aromatic heterocycles. The summed E-state index contributed by atoms with van der Waals surface area (Å²) in [4.78, 5) is 5.98. The van der Waals surface area contributed by atoms with Crippen LogP contribution in [0.2, 0.25) is 0 Å². The molecule has 1 aliphatic heterocycles. The van der Waals surface area contributed by atoms with Gasteiger partial charge in [0.2, 0.25) is 10.0 Å². The van der Waals surface area contributed by atoms with Crippen molar-refractivity contribution in [2.45, 2.75) is 43.8 Å². The van der Waals surface area contributed by atoms with Crippen molar-refractivity contribution in [3.05, 3.63) is 18.3 Å². The van der Waals surface area contributed by atoms with E-state index in [0.29, 0.717) is 25.2 Å². The van der Waals surface area contributed by atoms with Crippen LogP contribution in [0.15, 0.2) is 23.2 Å². The molecule has 0 bridgehead atoms. The van der Waals surface area contributed by atoms with Crippen molar-refractivity contribution in [2.75, 3.05) is 18.0 Å². The lowest BCUT2D eigenvalue weighted by molar-refractivity contribution is 0.285. The van der Waals surface area contributed by atoms with E-state index in [1.165, 1.54) is 12.3 Å². The maximum atomic E-state index is 13.5. The smallest absolute Gasteiger partial charge is 0.244 e. The molecule has 1 aromatic rings. The summed E-state index contributed by atoms with van der Waals surface area (Å²) in [7, 11) is -3.63. The second-order valence-corrected chi connectivity index (χ2v) is 6.97. The SMILES string of the molecule is CC(C)NS(=O)(=O)c1cccnc1N1CCCC(F)C1. The van der Waals surface area contributed by atoms with Crippen LogP contribution in [0.1, 0.15) is 26.7 Å². The minimum absolute atomic E-state index is 0.114. The Kier molecular flexibility index (Phi) is 4.59. The molecular weight excluding hydrogens is 281 g/mol. The van der Waals surface area contributed by atoms with Gasteiger partial charge in [-0.1, -0.05) is 0 Å². The van der Waals surface area contributed by atoms with Crippen LogP contribution in [0.5, 0.6) is 0 Å². The number of sulfonamides is 1. The summed E-state index contributed by atoms with van der Waals surface area (Å²) >= 11 is 0. The highest BCUT2D eigenvalue weighted by atomic mass is 32.2. The molecule has 5 nitrogen and oxygen atoms in total.